The van der Waals surface area contributed by atoms with Gasteiger partial charge in [-0.2, -0.15) is 0 Å². The Labute approximate surface area is 159 Å². The zero-order chi connectivity index (χ0) is 18.5. The number of aliphatic imine (C=N–C) groups is 1. The first kappa shape index (κ1) is 17.2. The number of ether oxygens (including phenoxy) is 2. The third-order valence-electron chi connectivity index (χ3n) is 4.87. The summed E-state index contributed by atoms with van der Waals surface area (Å²) < 4.78 is 11.5. The molecule has 27 heavy (non-hydrogen) atoms. The third-order valence-corrected chi connectivity index (χ3v) is 4.87. The summed E-state index contributed by atoms with van der Waals surface area (Å²) in [4.78, 5) is 4.78. The molecule has 4 heteroatoms. The van der Waals surface area contributed by atoms with Crippen LogP contribution in [0.1, 0.15) is 16.7 Å². The first-order chi connectivity index (χ1) is 13.3. The molecule has 4 nitrogen and oxygen atoms in total. The van der Waals surface area contributed by atoms with E-state index in [1.165, 1.54) is 0 Å². The Bertz CT molecular complexity index is 923. The van der Waals surface area contributed by atoms with Crippen LogP contribution < -0.4 is 14.8 Å². The molecule has 1 aliphatic heterocycles. The van der Waals surface area contributed by atoms with Crippen LogP contribution >= 0.6 is 0 Å². The highest BCUT2D eigenvalue weighted by molar-refractivity contribution is 5.64. The van der Waals surface area contributed by atoms with Crippen LogP contribution in [0.4, 0.5) is 0 Å². The van der Waals surface area contributed by atoms with Gasteiger partial charge in [-0.25, -0.2) is 0 Å². The quantitative estimate of drug-likeness (QED) is 0.720. The van der Waals surface area contributed by atoms with E-state index in [2.05, 4.69) is 35.6 Å². The van der Waals surface area contributed by atoms with Gasteiger partial charge in [-0.15, -0.1) is 0 Å². The fourth-order valence-corrected chi connectivity index (χ4v) is 3.45. The van der Waals surface area contributed by atoms with Crippen molar-refractivity contribution >= 4 is 6.34 Å². The molecule has 136 valence electrons. The van der Waals surface area contributed by atoms with Gasteiger partial charge in [0.15, 0.2) is 0 Å². The zero-order valence-electron chi connectivity index (χ0n) is 15.3. The molecule has 0 aliphatic carbocycles. The smallest absolute Gasteiger partial charge is 0.133 e. The summed E-state index contributed by atoms with van der Waals surface area (Å²) >= 11 is 0. The molecule has 0 spiro atoms. The molecule has 1 unspecified atom stereocenters. The summed E-state index contributed by atoms with van der Waals surface area (Å²) in [7, 11) is 1.69. The van der Waals surface area contributed by atoms with Crippen LogP contribution in [0.25, 0.3) is 0 Å². The Kier molecular flexibility index (Phi) is 4.79. The van der Waals surface area contributed by atoms with Crippen LogP contribution in [-0.2, 0) is 12.1 Å². The van der Waals surface area contributed by atoms with Crippen LogP contribution in [0.15, 0.2) is 83.9 Å². The molecule has 0 fully saturated rings. The summed E-state index contributed by atoms with van der Waals surface area (Å²) in [5.74, 6) is 1.68. The van der Waals surface area contributed by atoms with E-state index in [-0.39, 0.29) is 0 Å². The average molecular weight is 358 g/mol. The minimum Gasteiger partial charge on any atom is -0.496 e. The van der Waals surface area contributed by atoms with Crippen molar-refractivity contribution in [3.05, 3.63) is 95.6 Å². The number of hydrogen-bond acceptors (Lipinski definition) is 4. The van der Waals surface area contributed by atoms with Crippen molar-refractivity contribution in [1.29, 1.82) is 0 Å². The van der Waals surface area contributed by atoms with Gasteiger partial charge in [0.1, 0.15) is 23.6 Å². The van der Waals surface area contributed by atoms with E-state index in [1.807, 2.05) is 48.5 Å². The Balaban J connectivity index is 1.60. The molecule has 0 saturated heterocycles. The predicted octanol–water partition coefficient (Wildman–Crippen LogP) is 4.15. The molecule has 0 bridgehead atoms. The van der Waals surface area contributed by atoms with E-state index in [0.717, 1.165) is 28.2 Å². The molecule has 3 aromatic carbocycles. The maximum Gasteiger partial charge on any atom is 0.133 e. The van der Waals surface area contributed by atoms with Gasteiger partial charge in [0, 0.05) is 12.1 Å². The topological polar surface area (TPSA) is 42.9 Å². The lowest BCUT2D eigenvalue weighted by Crippen LogP contribution is -2.31. The zero-order valence-corrected chi connectivity index (χ0v) is 15.3. The fraction of sp³-hybridized carbons (Fsp3) is 0.174. The largest absolute Gasteiger partial charge is 0.496 e. The first-order valence-electron chi connectivity index (χ1n) is 9.00. The Morgan fingerprint density at radius 1 is 0.926 bits per heavy atom. The summed E-state index contributed by atoms with van der Waals surface area (Å²) in [5, 5.41) is 3.24. The van der Waals surface area contributed by atoms with Gasteiger partial charge in [-0.1, -0.05) is 60.7 Å². The van der Waals surface area contributed by atoms with Crippen molar-refractivity contribution in [3.63, 3.8) is 0 Å². The number of benzene rings is 3. The van der Waals surface area contributed by atoms with Crippen molar-refractivity contribution in [3.8, 4) is 11.5 Å². The molecule has 0 radical (unpaired) electrons. The van der Waals surface area contributed by atoms with Crippen molar-refractivity contribution in [2.45, 2.75) is 12.1 Å². The minimum atomic E-state index is -0.495. The lowest BCUT2D eigenvalue weighted by atomic mass is 9.83. The summed E-state index contributed by atoms with van der Waals surface area (Å²) in [6, 6.07) is 26.4. The molecule has 1 aliphatic rings. The second-order valence-corrected chi connectivity index (χ2v) is 6.50. The van der Waals surface area contributed by atoms with Gasteiger partial charge >= 0.3 is 0 Å². The third kappa shape index (κ3) is 3.38. The molecule has 0 saturated carbocycles. The van der Waals surface area contributed by atoms with Gasteiger partial charge in [0.05, 0.1) is 13.4 Å². The number of methoxy groups -OCH3 is 1. The number of nitrogens with one attached hydrogen (secondary N) is 1. The van der Waals surface area contributed by atoms with Gasteiger partial charge in [-0.3, -0.25) is 4.99 Å². The first-order valence-corrected chi connectivity index (χ1v) is 9.00. The highest BCUT2D eigenvalue weighted by Gasteiger charge is 2.38. The van der Waals surface area contributed by atoms with Crippen LogP contribution in [-0.4, -0.2) is 20.0 Å². The van der Waals surface area contributed by atoms with Crippen molar-refractivity contribution in [2.24, 2.45) is 4.99 Å². The van der Waals surface area contributed by atoms with Gasteiger partial charge in [0.25, 0.3) is 0 Å². The molecule has 0 amide bonds. The molecular formula is C23H22N2O2. The number of hydrogen-bond donors (Lipinski definition) is 1. The molecular weight excluding hydrogens is 336 g/mol. The highest BCUT2D eigenvalue weighted by atomic mass is 16.5. The van der Waals surface area contributed by atoms with E-state index in [9.17, 15) is 0 Å². The van der Waals surface area contributed by atoms with Gasteiger partial charge in [0.2, 0.25) is 0 Å². The highest BCUT2D eigenvalue weighted by Crippen LogP contribution is 2.40. The molecule has 0 aromatic heterocycles. The SMILES string of the molecule is COc1ccccc1C1(c2ccc(OCc3ccccc3)cc2)CNC=N1. The number of rotatable bonds is 6. The van der Waals surface area contributed by atoms with Crippen LogP contribution in [0, 0.1) is 0 Å². The molecule has 3 aromatic rings. The number of para-hydroxylation sites is 1. The molecule has 1 atom stereocenters. The van der Waals surface area contributed by atoms with E-state index in [4.69, 9.17) is 14.5 Å². The molecule has 1 N–H and O–H groups in total. The monoisotopic (exact) mass is 358 g/mol. The maximum absolute atomic E-state index is 5.91. The minimum absolute atomic E-state index is 0.495. The van der Waals surface area contributed by atoms with E-state index in [1.54, 1.807) is 13.4 Å². The number of nitrogens with zero attached hydrogens (tertiary/aromatic N) is 1. The van der Waals surface area contributed by atoms with Gasteiger partial charge in [-0.05, 0) is 29.3 Å². The summed E-state index contributed by atoms with van der Waals surface area (Å²) in [6.07, 6.45) is 1.77. The average Bonchev–Trinajstić information content (AvgIpc) is 3.24. The summed E-state index contributed by atoms with van der Waals surface area (Å²) in [6.45, 7) is 1.25. The van der Waals surface area contributed by atoms with E-state index < -0.39 is 5.54 Å². The Morgan fingerprint density at radius 3 is 2.37 bits per heavy atom. The van der Waals surface area contributed by atoms with Crippen LogP contribution in [0.3, 0.4) is 0 Å². The Hall–Kier alpha value is -3.27. The molecule has 4 rings (SSSR count). The predicted molar refractivity (Wildman–Crippen MR) is 107 cm³/mol. The normalized spacial score (nSPS) is 18.1. The van der Waals surface area contributed by atoms with E-state index >= 15 is 0 Å². The van der Waals surface area contributed by atoms with Crippen LogP contribution in [0.5, 0.6) is 11.5 Å². The second kappa shape index (κ2) is 7.54. The molecule has 1 heterocycles. The fourth-order valence-electron chi connectivity index (χ4n) is 3.45. The lowest BCUT2D eigenvalue weighted by Gasteiger charge is -2.28. The van der Waals surface area contributed by atoms with Gasteiger partial charge < -0.3 is 14.8 Å². The van der Waals surface area contributed by atoms with Crippen LogP contribution in [0.2, 0.25) is 0 Å². The van der Waals surface area contributed by atoms with Crippen molar-refractivity contribution in [1.82, 2.24) is 5.32 Å². The lowest BCUT2D eigenvalue weighted by molar-refractivity contribution is 0.306. The standard InChI is InChI=1S/C23H22N2O2/c1-26-22-10-6-5-9-21(22)23(16-24-17-25-23)19-11-13-20(14-12-19)27-15-18-7-3-2-4-8-18/h2-14,17H,15-16H2,1H3,(H,24,25). The summed E-state index contributed by atoms with van der Waals surface area (Å²) in [5.41, 5.74) is 2.80. The van der Waals surface area contributed by atoms with E-state index in [0.29, 0.717) is 13.2 Å². The second-order valence-electron chi connectivity index (χ2n) is 6.50. The Morgan fingerprint density at radius 2 is 1.67 bits per heavy atom. The van der Waals surface area contributed by atoms with Crippen molar-refractivity contribution < 1.29 is 9.47 Å². The maximum atomic E-state index is 5.91. The van der Waals surface area contributed by atoms with Crippen molar-refractivity contribution in [2.75, 3.05) is 13.7 Å².